The molecule has 0 aliphatic rings. The normalized spacial score (nSPS) is 10.9. The van der Waals surface area contributed by atoms with Crippen molar-refractivity contribution in [3.63, 3.8) is 0 Å². The Hall–Kier alpha value is -2.47. The Bertz CT molecular complexity index is 786. The molecule has 0 unspecified atom stereocenters. The maximum atomic E-state index is 12.3. The van der Waals surface area contributed by atoms with Crippen LogP contribution in [0, 0.1) is 20.8 Å². The molecule has 0 fully saturated rings. The molecule has 0 aliphatic heterocycles. The molecule has 1 heterocycles. The number of carbonyl (C=O) groups is 1. The first-order chi connectivity index (χ1) is 11.3. The zero-order valence-corrected chi connectivity index (χ0v) is 14.9. The fraction of sp³-hybridized carbons (Fsp3) is 0.389. The van der Waals surface area contributed by atoms with E-state index in [0.29, 0.717) is 12.2 Å². The van der Waals surface area contributed by atoms with Crippen LogP contribution in [0.4, 0.5) is 0 Å². The first-order valence-electron chi connectivity index (χ1n) is 7.90. The molecule has 0 spiro atoms. The van der Waals surface area contributed by atoms with Gasteiger partial charge in [0.1, 0.15) is 5.69 Å². The minimum atomic E-state index is -0.523. The van der Waals surface area contributed by atoms with Gasteiger partial charge in [-0.2, -0.15) is 4.98 Å². The highest BCUT2D eigenvalue weighted by Crippen LogP contribution is 2.26. The first-order valence-corrected chi connectivity index (χ1v) is 7.90. The Balaban J connectivity index is 2.36. The number of aryl methyl sites for hydroxylation is 3. The van der Waals surface area contributed by atoms with Crippen molar-refractivity contribution < 1.29 is 4.79 Å². The highest BCUT2D eigenvalue weighted by molar-refractivity contribution is 5.93. The third kappa shape index (κ3) is 4.29. The number of nitrogens with zero attached hydrogens (tertiary/aromatic N) is 2. The number of rotatable bonds is 5. The fourth-order valence-electron chi connectivity index (χ4n) is 2.78. The van der Waals surface area contributed by atoms with Crippen LogP contribution in [-0.4, -0.2) is 48.0 Å². The molecule has 0 aliphatic carbocycles. The molecule has 0 saturated carbocycles. The molecule has 1 amide bonds. The van der Waals surface area contributed by atoms with Gasteiger partial charge in [0.25, 0.3) is 5.91 Å². The van der Waals surface area contributed by atoms with Gasteiger partial charge in [-0.15, -0.1) is 0 Å². The lowest BCUT2D eigenvalue weighted by atomic mass is 9.97. The van der Waals surface area contributed by atoms with Crippen molar-refractivity contribution in [2.75, 3.05) is 27.2 Å². The predicted octanol–water partition coefficient (Wildman–Crippen LogP) is 1.65. The number of carbonyl (C=O) groups excluding carboxylic acids is 1. The molecule has 128 valence electrons. The summed E-state index contributed by atoms with van der Waals surface area (Å²) in [4.78, 5) is 32.7. The van der Waals surface area contributed by atoms with Gasteiger partial charge in [0, 0.05) is 18.7 Å². The van der Waals surface area contributed by atoms with E-state index in [4.69, 9.17) is 0 Å². The standard InChI is InChI=1S/C18H24N4O2/c1-11-8-12(2)16(13(3)9-11)14-10-15(21-18(24)20-14)17(23)19-6-7-22(4)5/h8-10H,6-7H2,1-5H3,(H,19,23)(H,20,21,24). The van der Waals surface area contributed by atoms with Crippen molar-refractivity contribution in [3.8, 4) is 11.3 Å². The Kier molecular flexibility index (Phi) is 5.51. The van der Waals surface area contributed by atoms with Crippen LogP contribution >= 0.6 is 0 Å². The smallest absolute Gasteiger partial charge is 0.346 e. The van der Waals surface area contributed by atoms with Gasteiger partial charge in [-0.1, -0.05) is 17.7 Å². The predicted molar refractivity (Wildman–Crippen MR) is 95.4 cm³/mol. The zero-order chi connectivity index (χ0) is 17.9. The van der Waals surface area contributed by atoms with Gasteiger partial charge in [-0.25, -0.2) is 4.79 Å². The van der Waals surface area contributed by atoms with E-state index in [-0.39, 0.29) is 11.6 Å². The first kappa shape index (κ1) is 17.9. The number of amides is 1. The summed E-state index contributed by atoms with van der Waals surface area (Å²) in [5.74, 6) is -0.306. The van der Waals surface area contributed by atoms with Gasteiger partial charge in [0.05, 0.1) is 5.69 Å². The molecule has 1 aromatic carbocycles. The summed E-state index contributed by atoms with van der Waals surface area (Å²) in [5, 5.41) is 2.80. The quantitative estimate of drug-likeness (QED) is 0.875. The molecule has 6 heteroatoms. The van der Waals surface area contributed by atoms with Crippen LogP contribution in [0.5, 0.6) is 0 Å². The largest absolute Gasteiger partial charge is 0.349 e. The van der Waals surface area contributed by atoms with E-state index < -0.39 is 5.69 Å². The summed E-state index contributed by atoms with van der Waals surface area (Å²) in [7, 11) is 3.86. The van der Waals surface area contributed by atoms with Crippen molar-refractivity contribution >= 4 is 5.91 Å². The average Bonchev–Trinajstić information content (AvgIpc) is 2.45. The van der Waals surface area contributed by atoms with Crippen LogP contribution in [-0.2, 0) is 0 Å². The van der Waals surface area contributed by atoms with E-state index >= 15 is 0 Å². The third-order valence-electron chi connectivity index (χ3n) is 3.77. The third-order valence-corrected chi connectivity index (χ3v) is 3.77. The van der Waals surface area contributed by atoms with Crippen molar-refractivity contribution in [1.82, 2.24) is 20.2 Å². The van der Waals surface area contributed by atoms with Crippen LogP contribution < -0.4 is 11.0 Å². The number of hydrogen-bond acceptors (Lipinski definition) is 4. The van der Waals surface area contributed by atoms with Crippen LogP contribution in [0.2, 0.25) is 0 Å². The monoisotopic (exact) mass is 328 g/mol. The van der Waals surface area contributed by atoms with Gasteiger partial charge in [-0.05, 0) is 52.1 Å². The number of likely N-dealkylation sites (N-methyl/N-ethyl adjacent to an activating group) is 1. The Morgan fingerprint density at radius 2 is 1.79 bits per heavy atom. The SMILES string of the molecule is Cc1cc(C)c(-c2cc(C(=O)NCCN(C)C)[nH]c(=O)n2)c(C)c1. The summed E-state index contributed by atoms with van der Waals surface area (Å²) in [6.07, 6.45) is 0. The zero-order valence-electron chi connectivity index (χ0n) is 14.9. The molecule has 0 saturated heterocycles. The summed E-state index contributed by atoms with van der Waals surface area (Å²) in [6, 6.07) is 5.72. The maximum Gasteiger partial charge on any atom is 0.346 e. The lowest BCUT2D eigenvalue weighted by molar-refractivity contribution is 0.0945. The molecule has 2 rings (SSSR count). The second-order valence-corrected chi connectivity index (χ2v) is 6.32. The van der Waals surface area contributed by atoms with E-state index in [2.05, 4.69) is 15.3 Å². The summed E-state index contributed by atoms with van der Waals surface area (Å²) >= 11 is 0. The van der Waals surface area contributed by atoms with Crippen molar-refractivity contribution in [1.29, 1.82) is 0 Å². The molecule has 1 aromatic heterocycles. The number of aromatic amines is 1. The molecule has 2 N–H and O–H groups in total. The van der Waals surface area contributed by atoms with E-state index in [1.54, 1.807) is 6.07 Å². The lowest BCUT2D eigenvalue weighted by Crippen LogP contribution is -2.33. The number of nitrogens with one attached hydrogen (secondary N) is 2. The van der Waals surface area contributed by atoms with Crippen molar-refractivity contribution in [2.24, 2.45) is 0 Å². The number of benzene rings is 1. The Morgan fingerprint density at radius 3 is 2.38 bits per heavy atom. The van der Waals surface area contributed by atoms with Gasteiger partial charge in [0.2, 0.25) is 0 Å². The summed E-state index contributed by atoms with van der Waals surface area (Å²) < 4.78 is 0. The summed E-state index contributed by atoms with van der Waals surface area (Å²) in [6.45, 7) is 7.22. The molecule has 6 nitrogen and oxygen atoms in total. The Labute approximate surface area is 141 Å². The maximum absolute atomic E-state index is 12.3. The van der Waals surface area contributed by atoms with E-state index in [1.165, 1.54) is 0 Å². The molecule has 2 aromatic rings. The second kappa shape index (κ2) is 7.40. The fourth-order valence-corrected chi connectivity index (χ4v) is 2.78. The van der Waals surface area contributed by atoms with E-state index in [0.717, 1.165) is 28.8 Å². The Morgan fingerprint density at radius 1 is 1.17 bits per heavy atom. The van der Waals surface area contributed by atoms with Gasteiger partial charge < -0.3 is 15.2 Å². The molecule has 24 heavy (non-hydrogen) atoms. The molecular formula is C18H24N4O2. The second-order valence-electron chi connectivity index (χ2n) is 6.32. The van der Waals surface area contributed by atoms with Crippen LogP contribution in [0.1, 0.15) is 27.2 Å². The van der Waals surface area contributed by atoms with Crippen molar-refractivity contribution in [3.05, 3.63) is 51.1 Å². The summed E-state index contributed by atoms with van der Waals surface area (Å²) in [5.41, 5.74) is 4.34. The molecule has 0 atom stereocenters. The van der Waals surface area contributed by atoms with Gasteiger partial charge >= 0.3 is 5.69 Å². The van der Waals surface area contributed by atoms with Gasteiger partial charge in [-0.3, -0.25) is 4.79 Å². The van der Waals surface area contributed by atoms with Crippen LogP contribution in [0.3, 0.4) is 0 Å². The number of H-pyrrole nitrogens is 1. The highest BCUT2D eigenvalue weighted by atomic mass is 16.2. The minimum absolute atomic E-state index is 0.225. The lowest BCUT2D eigenvalue weighted by Gasteiger charge is -2.12. The van der Waals surface area contributed by atoms with Crippen LogP contribution in [0.25, 0.3) is 11.3 Å². The molecule has 0 radical (unpaired) electrons. The van der Waals surface area contributed by atoms with Gasteiger partial charge in [0.15, 0.2) is 0 Å². The number of hydrogen-bond donors (Lipinski definition) is 2. The minimum Gasteiger partial charge on any atom is -0.349 e. The number of aromatic nitrogens is 2. The van der Waals surface area contributed by atoms with E-state index in [1.807, 2.05) is 51.9 Å². The van der Waals surface area contributed by atoms with E-state index in [9.17, 15) is 9.59 Å². The molecular weight excluding hydrogens is 304 g/mol. The van der Waals surface area contributed by atoms with Crippen molar-refractivity contribution in [2.45, 2.75) is 20.8 Å². The van der Waals surface area contributed by atoms with Crippen LogP contribution in [0.15, 0.2) is 23.0 Å². The topological polar surface area (TPSA) is 78.1 Å². The highest BCUT2D eigenvalue weighted by Gasteiger charge is 2.13. The molecule has 0 bridgehead atoms. The average molecular weight is 328 g/mol.